The molecule has 9 heteroatoms. The van der Waals surface area contributed by atoms with Gasteiger partial charge in [-0.25, -0.2) is 0 Å². The molecule has 1 heterocycles. The first kappa shape index (κ1) is 78.4. The van der Waals surface area contributed by atoms with Crippen LogP contribution in [0.4, 0.5) is 0 Å². The van der Waals surface area contributed by atoms with Gasteiger partial charge in [0.15, 0.2) is 6.29 Å². The Labute approximate surface area is 508 Å². The van der Waals surface area contributed by atoms with Gasteiger partial charge in [-0.3, -0.25) is 4.79 Å². The van der Waals surface area contributed by atoms with Gasteiger partial charge in [-0.05, 0) is 51.4 Å². The van der Waals surface area contributed by atoms with Gasteiger partial charge in [0.2, 0.25) is 5.91 Å². The maximum Gasteiger partial charge on any atom is 0.220 e. The van der Waals surface area contributed by atoms with E-state index in [1.807, 2.05) is 6.08 Å². The standard InChI is InChI=1S/C73H139NO8/c1-3-5-7-9-11-13-15-17-19-21-23-25-26-27-28-29-30-31-32-33-34-35-36-37-38-39-40-41-42-43-45-47-49-51-53-55-57-59-61-63-69(77)74-66(65-81-73-72(80)71(79)70(78)68(64-75)82-73)67(76)62-60-58-56-54-52-50-48-46-44-24-22-20-18-16-14-12-10-8-6-4-2/h15,17,21,23,60,62,66-68,70-73,75-76,78-80H,3-14,16,18-20,22,24-59,61,63-65H2,1-2H3,(H,74,77)/b17-15-,23-21-,62-60+. The van der Waals surface area contributed by atoms with E-state index in [-0.39, 0.29) is 12.5 Å². The highest BCUT2D eigenvalue weighted by Gasteiger charge is 2.44. The molecule has 0 spiro atoms. The zero-order valence-corrected chi connectivity index (χ0v) is 54.3. The Kier molecular flexibility index (Phi) is 59.7. The van der Waals surface area contributed by atoms with E-state index in [1.165, 1.54) is 302 Å². The summed E-state index contributed by atoms with van der Waals surface area (Å²) in [6.07, 6.45) is 77.0. The van der Waals surface area contributed by atoms with Gasteiger partial charge in [0.25, 0.3) is 0 Å². The molecule has 0 aromatic heterocycles. The molecule has 1 rings (SSSR count). The smallest absolute Gasteiger partial charge is 0.220 e. The fourth-order valence-corrected chi connectivity index (χ4v) is 11.8. The number of allylic oxidation sites excluding steroid dienone is 5. The molecular formula is C73H139NO8. The Morgan fingerprint density at radius 1 is 0.415 bits per heavy atom. The Balaban J connectivity index is 2.05. The molecule has 1 amide bonds. The van der Waals surface area contributed by atoms with Crippen LogP contribution in [-0.2, 0) is 14.3 Å². The number of aliphatic hydroxyl groups excluding tert-OH is 5. The van der Waals surface area contributed by atoms with Crippen molar-refractivity contribution in [3.63, 3.8) is 0 Å². The number of ether oxygens (including phenoxy) is 2. The van der Waals surface area contributed by atoms with E-state index in [1.54, 1.807) is 6.08 Å². The second kappa shape index (κ2) is 62.5. The zero-order chi connectivity index (χ0) is 59.3. The van der Waals surface area contributed by atoms with E-state index < -0.39 is 49.5 Å². The third-order valence-corrected chi connectivity index (χ3v) is 17.5. The lowest BCUT2D eigenvalue weighted by Gasteiger charge is -2.40. The number of unbranched alkanes of at least 4 members (excludes halogenated alkanes) is 50. The number of nitrogens with one attached hydrogen (secondary N) is 1. The van der Waals surface area contributed by atoms with Crippen molar-refractivity contribution in [2.24, 2.45) is 0 Å². The van der Waals surface area contributed by atoms with Gasteiger partial charge >= 0.3 is 0 Å². The number of carbonyl (C=O) groups is 1. The molecule has 6 N–H and O–H groups in total. The molecule has 0 aliphatic carbocycles. The molecule has 82 heavy (non-hydrogen) atoms. The largest absolute Gasteiger partial charge is 0.394 e. The lowest BCUT2D eigenvalue weighted by atomic mass is 9.99. The first-order valence-electron chi connectivity index (χ1n) is 36.2. The molecule has 0 aromatic carbocycles. The zero-order valence-electron chi connectivity index (χ0n) is 54.3. The second-order valence-corrected chi connectivity index (χ2v) is 25.4. The van der Waals surface area contributed by atoms with E-state index in [2.05, 4.69) is 43.5 Å². The Morgan fingerprint density at radius 2 is 0.720 bits per heavy atom. The lowest BCUT2D eigenvalue weighted by molar-refractivity contribution is -0.302. The summed E-state index contributed by atoms with van der Waals surface area (Å²) in [5.74, 6) is -0.169. The average Bonchev–Trinajstić information content (AvgIpc) is 3.52. The number of aliphatic hydroxyl groups is 5. The van der Waals surface area contributed by atoms with Crippen LogP contribution in [0, 0.1) is 0 Å². The van der Waals surface area contributed by atoms with E-state index in [0.29, 0.717) is 6.42 Å². The summed E-state index contributed by atoms with van der Waals surface area (Å²) in [6.45, 7) is 3.82. The summed E-state index contributed by atoms with van der Waals surface area (Å²) < 4.78 is 11.3. The first-order chi connectivity index (χ1) is 40.3. The maximum absolute atomic E-state index is 13.1. The van der Waals surface area contributed by atoms with Crippen LogP contribution in [0.15, 0.2) is 36.5 Å². The van der Waals surface area contributed by atoms with Crippen molar-refractivity contribution < 1.29 is 39.8 Å². The molecule has 1 aliphatic rings. The minimum atomic E-state index is -1.57. The monoisotopic (exact) mass is 1160 g/mol. The van der Waals surface area contributed by atoms with Crippen LogP contribution < -0.4 is 5.32 Å². The second-order valence-electron chi connectivity index (χ2n) is 25.4. The summed E-state index contributed by atoms with van der Waals surface area (Å²) in [7, 11) is 0. The van der Waals surface area contributed by atoms with Crippen LogP contribution in [0.2, 0.25) is 0 Å². The molecule has 0 saturated carbocycles. The van der Waals surface area contributed by atoms with Crippen LogP contribution in [0.5, 0.6) is 0 Å². The Morgan fingerprint density at radius 3 is 1.05 bits per heavy atom. The van der Waals surface area contributed by atoms with Gasteiger partial charge in [0.05, 0.1) is 25.4 Å². The predicted molar refractivity (Wildman–Crippen MR) is 350 cm³/mol. The molecule has 0 radical (unpaired) electrons. The first-order valence-corrected chi connectivity index (χ1v) is 36.2. The summed E-state index contributed by atoms with van der Waals surface area (Å²) in [5.41, 5.74) is 0. The highest BCUT2D eigenvalue weighted by molar-refractivity contribution is 5.76. The fraction of sp³-hybridized carbons (Fsp3) is 0.904. The quantitative estimate of drug-likeness (QED) is 0.0261. The molecule has 1 saturated heterocycles. The van der Waals surface area contributed by atoms with Crippen molar-refractivity contribution in [2.45, 2.75) is 410 Å². The molecule has 1 fully saturated rings. The highest BCUT2D eigenvalue weighted by Crippen LogP contribution is 2.24. The summed E-state index contributed by atoms with van der Waals surface area (Å²) >= 11 is 0. The van der Waals surface area contributed by atoms with Crippen molar-refractivity contribution >= 4 is 5.91 Å². The molecule has 0 aromatic rings. The summed E-state index contributed by atoms with van der Waals surface area (Å²) in [5, 5.41) is 54.7. The van der Waals surface area contributed by atoms with E-state index >= 15 is 0 Å². The van der Waals surface area contributed by atoms with E-state index in [0.717, 1.165) is 44.9 Å². The number of rotatable bonds is 64. The maximum atomic E-state index is 13.1. The molecular weight excluding hydrogens is 1020 g/mol. The molecule has 484 valence electrons. The Bertz CT molecular complexity index is 1390. The van der Waals surface area contributed by atoms with Gasteiger partial charge in [-0.15, -0.1) is 0 Å². The number of hydrogen-bond acceptors (Lipinski definition) is 8. The molecule has 7 unspecified atom stereocenters. The van der Waals surface area contributed by atoms with Crippen LogP contribution >= 0.6 is 0 Å². The van der Waals surface area contributed by atoms with Crippen LogP contribution in [-0.4, -0.2) is 87.5 Å². The van der Waals surface area contributed by atoms with E-state index in [4.69, 9.17) is 9.47 Å². The van der Waals surface area contributed by atoms with Crippen LogP contribution in [0.25, 0.3) is 0 Å². The van der Waals surface area contributed by atoms with Crippen molar-refractivity contribution in [2.75, 3.05) is 13.2 Å². The lowest BCUT2D eigenvalue weighted by Crippen LogP contribution is -2.60. The molecule has 9 nitrogen and oxygen atoms in total. The predicted octanol–water partition coefficient (Wildman–Crippen LogP) is 19.8. The SMILES string of the molecule is CCCCCCC/C=C\C/C=C\CCCCCCCCCCCCCCCCCCCCCCCCCCCCCC(=O)NC(COC1OC(CO)C(O)C(O)C1O)C(O)/C=C/CCCCCCCCCCCCCCCCCCCC. The fourth-order valence-electron chi connectivity index (χ4n) is 11.8. The molecule has 1 aliphatic heterocycles. The van der Waals surface area contributed by atoms with Gasteiger partial charge in [0, 0.05) is 6.42 Å². The average molecular weight is 1160 g/mol. The number of carbonyl (C=O) groups excluding carboxylic acids is 1. The summed E-state index contributed by atoms with van der Waals surface area (Å²) in [6, 6.07) is -0.803. The number of hydrogen-bond donors (Lipinski definition) is 6. The minimum absolute atomic E-state index is 0.169. The van der Waals surface area contributed by atoms with Crippen molar-refractivity contribution in [3.8, 4) is 0 Å². The third kappa shape index (κ3) is 50.6. The minimum Gasteiger partial charge on any atom is -0.394 e. The van der Waals surface area contributed by atoms with Gasteiger partial charge < -0.3 is 40.3 Å². The van der Waals surface area contributed by atoms with Crippen LogP contribution in [0.1, 0.15) is 367 Å². The van der Waals surface area contributed by atoms with Crippen molar-refractivity contribution in [3.05, 3.63) is 36.5 Å². The van der Waals surface area contributed by atoms with Gasteiger partial charge in [-0.2, -0.15) is 0 Å². The topological polar surface area (TPSA) is 149 Å². The number of amides is 1. The van der Waals surface area contributed by atoms with Crippen molar-refractivity contribution in [1.82, 2.24) is 5.32 Å². The van der Waals surface area contributed by atoms with Crippen molar-refractivity contribution in [1.29, 1.82) is 0 Å². The van der Waals surface area contributed by atoms with E-state index in [9.17, 15) is 30.3 Å². The molecule has 0 bridgehead atoms. The normalized spacial score (nSPS) is 18.5. The highest BCUT2D eigenvalue weighted by atomic mass is 16.7. The van der Waals surface area contributed by atoms with Crippen LogP contribution in [0.3, 0.4) is 0 Å². The summed E-state index contributed by atoms with van der Waals surface area (Å²) in [4.78, 5) is 13.1. The van der Waals surface area contributed by atoms with Gasteiger partial charge in [0.1, 0.15) is 24.4 Å². The Hall–Kier alpha value is -1.59. The molecule has 7 atom stereocenters. The van der Waals surface area contributed by atoms with Gasteiger partial charge in [-0.1, -0.05) is 346 Å². The third-order valence-electron chi connectivity index (χ3n) is 17.5.